The number of aromatic nitrogens is 2. The summed E-state index contributed by atoms with van der Waals surface area (Å²) >= 11 is 0. The Bertz CT molecular complexity index is 1300. The number of carbonyl (C=O) groups excluding carboxylic acids is 1. The fourth-order valence-corrected chi connectivity index (χ4v) is 3.75. The monoisotopic (exact) mass is 496 g/mol. The first-order chi connectivity index (χ1) is 17.1. The zero-order chi connectivity index (χ0) is 26.3. The molecule has 0 aliphatic carbocycles. The van der Waals surface area contributed by atoms with Gasteiger partial charge < -0.3 is 22.0 Å². The number of carbonyl (C=O) groups is 1. The van der Waals surface area contributed by atoms with E-state index in [4.69, 9.17) is 9.72 Å². The summed E-state index contributed by atoms with van der Waals surface area (Å²) in [4.78, 5) is 17.9. The molecule has 0 aliphatic heterocycles. The Balaban J connectivity index is 0.000000658. The normalized spacial score (nSPS) is 10.9. The van der Waals surface area contributed by atoms with Crippen LogP contribution in [0.1, 0.15) is 28.7 Å². The van der Waals surface area contributed by atoms with Gasteiger partial charge in [0.25, 0.3) is 0 Å². The number of benzene rings is 2. The van der Waals surface area contributed by atoms with Gasteiger partial charge in [0.15, 0.2) is 0 Å². The van der Waals surface area contributed by atoms with Crippen molar-refractivity contribution in [3.63, 3.8) is 0 Å². The van der Waals surface area contributed by atoms with E-state index in [1.165, 1.54) is 0 Å². The molecule has 0 aliphatic rings. The van der Waals surface area contributed by atoms with E-state index in [1.807, 2.05) is 104 Å². The average molecular weight is 496 g/mol. The van der Waals surface area contributed by atoms with Crippen molar-refractivity contribution < 1.29 is 31.4 Å². The topological polar surface area (TPSA) is 43.1 Å². The van der Waals surface area contributed by atoms with Gasteiger partial charge >= 0.3 is 19.0 Å². The molecule has 186 valence electrons. The van der Waals surface area contributed by atoms with Gasteiger partial charge in [0, 0.05) is 24.6 Å². The molecule has 4 nitrogen and oxygen atoms in total. The summed E-state index contributed by atoms with van der Waals surface area (Å²) in [6, 6.07) is 28.1. The van der Waals surface area contributed by atoms with Crippen molar-refractivity contribution in [2.75, 3.05) is 6.61 Å². The van der Waals surface area contributed by atoms with E-state index in [-0.39, 0.29) is 5.97 Å². The van der Waals surface area contributed by atoms with Crippen LogP contribution in [0.25, 0.3) is 28.2 Å². The lowest BCUT2D eigenvalue weighted by molar-refractivity contribution is -0.591. The number of ether oxygens (including phenoxy) is 1. The van der Waals surface area contributed by atoms with Crippen LogP contribution in [0, 0.1) is 13.8 Å². The second-order valence-electron chi connectivity index (χ2n) is 7.94. The minimum atomic E-state index is -6.00. The molecule has 0 spiro atoms. The zero-order valence-corrected chi connectivity index (χ0v) is 20.1. The number of hydrogen-bond donors (Lipinski definition) is 0. The predicted octanol–water partition coefficient (Wildman–Crippen LogP) is 6.79. The molecule has 2 aromatic heterocycles. The Morgan fingerprint density at radius 2 is 1.39 bits per heavy atom. The number of hydrogen-bond acceptors (Lipinski definition) is 3. The number of halogens is 4. The largest absolute Gasteiger partial charge is 0.673 e. The summed E-state index contributed by atoms with van der Waals surface area (Å²) in [5, 5.41) is 0. The van der Waals surface area contributed by atoms with Crippen molar-refractivity contribution in [1.82, 2.24) is 4.98 Å². The molecule has 0 unspecified atom stereocenters. The van der Waals surface area contributed by atoms with Crippen LogP contribution in [-0.4, -0.2) is 24.8 Å². The van der Waals surface area contributed by atoms with Crippen LogP contribution in [-0.2, 0) is 4.74 Å². The van der Waals surface area contributed by atoms with E-state index in [0.717, 1.165) is 33.6 Å². The number of nitrogens with zero attached hydrogens (tertiary/aromatic N) is 2. The van der Waals surface area contributed by atoms with Crippen molar-refractivity contribution in [1.29, 1.82) is 0 Å². The van der Waals surface area contributed by atoms with Crippen molar-refractivity contribution in [3.8, 4) is 28.2 Å². The van der Waals surface area contributed by atoms with Gasteiger partial charge in [-0.1, -0.05) is 60.7 Å². The van der Waals surface area contributed by atoms with Gasteiger partial charge in [0.1, 0.15) is 11.4 Å². The first-order valence-corrected chi connectivity index (χ1v) is 11.3. The Hall–Kier alpha value is -4.01. The number of aryl methyl sites for hydroxylation is 2. The van der Waals surface area contributed by atoms with Crippen LogP contribution in [0.2, 0.25) is 0 Å². The molecule has 0 amide bonds. The Morgan fingerprint density at radius 3 is 1.92 bits per heavy atom. The molecule has 4 rings (SSSR count). The third kappa shape index (κ3) is 7.25. The van der Waals surface area contributed by atoms with Gasteiger partial charge in [0.05, 0.1) is 6.61 Å². The van der Waals surface area contributed by atoms with Crippen LogP contribution in [0.4, 0.5) is 17.3 Å². The Kier molecular flexibility index (Phi) is 8.58. The predicted molar refractivity (Wildman–Crippen MR) is 132 cm³/mol. The lowest BCUT2D eigenvalue weighted by Gasteiger charge is -2.14. The van der Waals surface area contributed by atoms with Gasteiger partial charge in [0.2, 0.25) is 5.69 Å². The van der Waals surface area contributed by atoms with Crippen LogP contribution < -0.4 is 4.57 Å². The molecular weight excluding hydrogens is 471 g/mol. The summed E-state index contributed by atoms with van der Waals surface area (Å²) in [6.45, 7) is 6.11. The molecule has 9 heteroatoms. The maximum atomic E-state index is 13.1. The average Bonchev–Trinajstić information content (AvgIpc) is 2.83. The molecule has 0 N–H and O–H groups in total. The molecule has 0 atom stereocenters. The van der Waals surface area contributed by atoms with E-state index in [0.29, 0.717) is 18.1 Å². The highest BCUT2D eigenvalue weighted by Gasteiger charge is 2.27. The molecule has 0 fully saturated rings. The fourth-order valence-electron chi connectivity index (χ4n) is 3.75. The molecule has 4 aromatic rings. The minimum absolute atomic E-state index is 0.301. The molecule has 0 bridgehead atoms. The molecule has 2 aromatic carbocycles. The second-order valence-corrected chi connectivity index (χ2v) is 7.94. The molecule has 0 saturated carbocycles. The van der Waals surface area contributed by atoms with Crippen LogP contribution in [0.15, 0.2) is 84.9 Å². The SMILES string of the molecule is CCOC(=O)c1cc(-c2ccccc2)cc(-c2ccccc2)[n+]1-c1cc(C)cc(C)n1.F[B-](F)(F)F. The van der Waals surface area contributed by atoms with E-state index in [1.54, 1.807) is 0 Å². The summed E-state index contributed by atoms with van der Waals surface area (Å²) in [5.41, 5.74) is 6.27. The number of pyridine rings is 2. The van der Waals surface area contributed by atoms with E-state index >= 15 is 0 Å². The quantitative estimate of drug-likeness (QED) is 0.132. The molecule has 36 heavy (non-hydrogen) atoms. The van der Waals surface area contributed by atoms with Gasteiger partial charge in [-0.15, -0.1) is 0 Å². The minimum Gasteiger partial charge on any atom is -0.460 e. The van der Waals surface area contributed by atoms with Gasteiger partial charge in [-0.3, -0.25) is 0 Å². The highest BCUT2D eigenvalue weighted by atomic mass is 19.5. The number of rotatable bonds is 5. The van der Waals surface area contributed by atoms with E-state index < -0.39 is 7.25 Å². The number of esters is 1. The van der Waals surface area contributed by atoms with Crippen molar-refractivity contribution in [2.45, 2.75) is 20.8 Å². The molecule has 0 radical (unpaired) electrons. The van der Waals surface area contributed by atoms with Crippen LogP contribution in [0.3, 0.4) is 0 Å². The highest BCUT2D eigenvalue weighted by molar-refractivity contribution is 6.50. The first kappa shape index (κ1) is 26.6. The summed E-state index contributed by atoms with van der Waals surface area (Å²) in [5.74, 6) is 0.317. The summed E-state index contributed by atoms with van der Waals surface area (Å²) in [7, 11) is -6.00. The Labute approximate surface area is 207 Å². The van der Waals surface area contributed by atoms with E-state index in [9.17, 15) is 22.1 Å². The summed E-state index contributed by atoms with van der Waals surface area (Å²) < 4.78 is 46.3. The fraction of sp³-hybridized carbons (Fsp3) is 0.148. The van der Waals surface area contributed by atoms with E-state index in [2.05, 4.69) is 6.07 Å². The molecule has 2 heterocycles. The lowest BCUT2D eigenvalue weighted by Crippen LogP contribution is -2.42. The van der Waals surface area contributed by atoms with Crippen LogP contribution in [0.5, 0.6) is 0 Å². The van der Waals surface area contributed by atoms with Gasteiger partial charge in [-0.05, 0) is 47.7 Å². The molecular formula is C27H25BF4N2O2. The van der Waals surface area contributed by atoms with Gasteiger partial charge in [-0.2, -0.15) is 4.57 Å². The van der Waals surface area contributed by atoms with Crippen LogP contribution >= 0.6 is 0 Å². The highest BCUT2D eigenvalue weighted by Crippen LogP contribution is 2.27. The maximum Gasteiger partial charge on any atom is 0.673 e. The van der Waals surface area contributed by atoms with Crippen molar-refractivity contribution in [2.24, 2.45) is 0 Å². The smallest absolute Gasteiger partial charge is 0.460 e. The van der Waals surface area contributed by atoms with Gasteiger partial charge in [-0.25, -0.2) is 4.79 Å². The lowest BCUT2D eigenvalue weighted by atomic mass is 10.0. The third-order valence-corrected chi connectivity index (χ3v) is 5.04. The molecule has 0 saturated heterocycles. The first-order valence-electron chi connectivity index (χ1n) is 11.3. The summed E-state index contributed by atoms with van der Waals surface area (Å²) in [6.07, 6.45) is 0. The maximum absolute atomic E-state index is 13.1. The second kappa shape index (κ2) is 11.6. The standard InChI is InChI=1S/C27H25N2O2.BF4/c1-4-31-27(30)25-18-23(21-11-7-5-8-12-21)17-24(22-13-9-6-10-14-22)29(25)26-16-19(2)15-20(3)28-26;2-1(3,4)5/h5-18H,4H2,1-3H3;/q+1;-1. The van der Waals surface area contributed by atoms with Crippen molar-refractivity contribution in [3.05, 3.63) is 102 Å². The zero-order valence-electron chi connectivity index (χ0n) is 20.1. The third-order valence-electron chi connectivity index (χ3n) is 5.04. The van der Waals surface area contributed by atoms with Crippen molar-refractivity contribution >= 4 is 13.2 Å². The Morgan fingerprint density at radius 1 is 0.833 bits per heavy atom.